The normalized spacial score (nSPS) is 10.1. The number of rotatable bonds is 3. The van der Waals surface area contributed by atoms with E-state index >= 15 is 0 Å². The summed E-state index contributed by atoms with van der Waals surface area (Å²) in [4.78, 5) is 4.16. The maximum atomic E-state index is 5.78. The second-order valence-corrected chi connectivity index (χ2v) is 4.68. The number of pyridine rings is 1. The topological polar surface area (TPSA) is 34.1 Å². The summed E-state index contributed by atoms with van der Waals surface area (Å²) in [5.74, 6) is 1.47. The van der Waals surface area contributed by atoms with E-state index < -0.39 is 0 Å². The van der Waals surface area contributed by atoms with Gasteiger partial charge in [0.25, 0.3) is 0 Å². The van der Waals surface area contributed by atoms with Crippen LogP contribution in [0.15, 0.2) is 41.0 Å². The number of aromatic nitrogens is 1. The van der Waals surface area contributed by atoms with Crippen molar-refractivity contribution in [1.82, 2.24) is 4.98 Å². The molecule has 0 saturated carbocycles. The van der Waals surface area contributed by atoms with Crippen LogP contribution in [0.1, 0.15) is 0 Å². The lowest BCUT2D eigenvalue weighted by Crippen LogP contribution is -1.96. The Kier molecular flexibility index (Phi) is 3.86. The van der Waals surface area contributed by atoms with E-state index in [9.17, 15) is 0 Å². The Labute approximate surface area is 113 Å². The van der Waals surface area contributed by atoms with Crippen molar-refractivity contribution in [2.24, 2.45) is 0 Å². The smallest absolute Gasteiger partial charge is 0.142 e. The van der Waals surface area contributed by atoms with Crippen molar-refractivity contribution in [3.8, 4) is 5.75 Å². The third kappa shape index (κ3) is 3.11. The van der Waals surface area contributed by atoms with Crippen LogP contribution in [0.5, 0.6) is 5.75 Å². The first kappa shape index (κ1) is 12.2. The third-order valence-electron chi connectivity index (χ3n) is 2.15. The number of ether oxygens (including phenoxy) is 1. The Bertz CT molecular complexity index is 516. The molecule has 0 bridgehead atoms. The van der Waals surface area contributed by atoms with Gasteiger partial charge in [0.15, 0.2) is 0 Å². The van der Waals surface area contributed by atoms with Gasteiger partial charge in [-0.15, -0.1) is 0 Å². The fraction of sp³-hybridized carbons (Fsp3) is 0.0833. The number of halogens is 2. The molecule has 1 heterocycles. The molecule has 0 aliphatic rings. The zero-order valence-electron chi connectivity index (χ0n) is 9.08. The van der Waals surface area contributed by atoms with Crippen molar-refractivity contribution in [1.29, 1.82) is 0 Å². The number of methoxy groups -OCH3 is 1. The monoisotopic (exact) mass is 312 g/mol. The van der Waals surface area contributed by atoms with Crippen molar-refractivity contribution in [3.05, 3.63) is 46.0 Å². The molecule has 0 aliphatic heterocycles. The number of benzene rings is 1. The summed E-state index contributed by atoms with van der Waals surface area (Å²) in [6.07, 6.45) is 1.59. The molecular weight excluding hydrogens is 304 g/mol. The van der Waals surface area contributed by atoms with Gasteiger partial charge in [0.2, 0.25) is 0 Å². The van der Waals surface area contributed by atoms with Crippen molar-refractivity contribution in [2.45, 2.75) is 0 Å². The average molecular weight is 314 g/mol. The fourth-order valence-corrected chi connectivity index (χ4v) is 1.84. The third-order valence-corrected chi connectivity index (χ3v) is 2.87. The van der Waals surface area contributed by atoms with Crippen LogP contribution in [0.2, 0.25) is 5.02 Å². The summed E-state index contributed by atoms with van der Waals surface area (Å²) in [7, 11) is 1.63. The van der Waals surface area contributed by atoms with Gasteiger partial charge in [-0.05, 0) is 30.3 Å². The molecule has 1 aromatic carbocycles. The lowest BCUT2D eigenvalue weighted by molar-refractivity contribution is 0.416. The SMILES string of the molecule is COc1ccc(Br)cc1Nc1ccc(Cl)cn1. The predicted molar refractivity (Wildman–Crippen MR) is 73.2 cm³/mol. The van der Waals surface area contributed by atoms with E-state index in [2.05, 4.69) is 26.2 Å². The number of hydrogen-bond donors (Lipinski definition) is 1. The average Bonchev–Trinajstić information content (AvgIpc) is 2.32. The highest BCUT2D eigenvalue weighted by atomic mass is 79.9. The molecular formula is C12H10BrClN2O. The molecule has 1 aromatic heterocycles. The Morgan fingerprint density at radius 1 is 1.29 bits per heavy atom. The molecule has 0 radical (unpaired) electrons. The van der Waals surface area contributed by atoms with Gasteiger partial charge in [-0.2, -0.15) is 0 Å². The Hall–Kier alpha value is -1.26. The molecule has 17 heavy (non-hydrogen) atoms. The summed E-state index contributed by atoms with van der Waals surface area (Å²) in [5, 5.41) is 3.77. The fourth-order valence-electron chi connectivity index (χ4n) is 1.37. The van der Waals surface area contributed by atoms with Gasteiger partial charge < -0.3 is 10.1 Å². The molecule has 5 heteroatoms. The Morgan fingerprint density at radius 3 is 2.76 bits per heavy atom. The van der Waals surface area contributed by atoms with E-state index in [0.717, 1.165) is 15.9 Å². The molecule has 88 valence electrons. The number of anilines is 2. The highest BCUT2D eigenvalue weighted by molar-refractivity contribution is 9.10. The van der Waals surface area contributed by atoms with Crippen LogP contribution in [0, 0.1) is 0 Å². The van der Waals surface area contributed by atoms with Crippen molar-refractivity contribution >= 4 is 39.0 Å². The second kappa shape index (κ2) is 5.38. The highest BCUT2D eigenvalue weighted by Gasteiger charge is 2.04. The quantitative estimate of drug-likeness (QED) is 0.920. The standard InChI is InChI=1S/C12H10BrClN2O/c1-17-11-4-2-8(13)6-10(11)16-12-5-3-9(14)7-15-12/h2-7H,1H3,(H,15,16). The molecule has 3 nitrogen and oxygen atoms in total. The highest BCUT2D eigenvalue weighted by Crippen LogP contribution is 2.30. The number of hydrogen-bond acceptors (Lipinski definition) is 3. The van der Waals surface area contributed by atoms with E-state index in [4.69, 9.17) is 16.3 Å². The first-order valence-corrected chi connectivity index (χ1v) is 6.08. The minimum absolute atomic E-state index is 0.608. The molecule has 0 amide bonds. The lowest BCUT2D eigenvalue weighted by atomic mass is 10.3. The van der Waals surface area contributed by atoms with Crippen LogP contribution < -0.4 is 10.1 Å². The molecule has 2 rings (SSSR count). The van der Waals surface area contributed by atoms with Gasteiger partial charge >= 0.3 is 0 Å². The van der Waals surface area contributed by atoms with Crippen molar-refractivity contribution in [3.63, 3.8) is 0 Å². The van der Waals surface area contributed by atoms with E-state index in [1.54, 1.807) is 19.4 Å². The number of nitrogens with one attached hydrogen (secondary N) is 1. The molecule has 0 fully saturated rings. The molecule has 0 saturated heterocycles. The minimum Gasteiger partial charge on any atom is -0.495 e. The van der Waals surface area contributed by atoms with Crippen LogP contribution in [-0.4, -0.2) is 12.1 Å². The van der Waals surface area contributed by atoms with Crippen LogP contribution >= 0.6 is 27.5 Å². The largest absolute Gasteiger partial charge is 0.495 e. The molecule has 1 N–H and O–H groups in total. The Morgan fingerprint density at radius 2 is 2.12 bits per heavy atom. The molecule has 0 unspecified atom stereocenters. The first-order chi connectivity index (χ1) is 8.19. The first-order valence-electron chi connectivity index (χ1n) is 4.91. The van der Waals surface area contributed by atoms with Gasteiger partial charge in [-0.3, -0.25) is 0 Å². The van der Waals surface area contributed by atoms with Crippen LogP contribution in [0.4, 0.5) is 11.5 Å². The summed E-state index contributed by atoms with van der Waals surface area (Å²) < 4.78 is 6.23. The van der Waals surface area contributed by atoms with E-state index in [0.29, 0.717) is 10.8 Å². The zero-order valence-corrected chi connectivity index (χ0v) is 11.4. The predicted octanol–water partition coefficient (Wildman–Crippen LogP) is 4.25. The van der Waals surface area contributed by atoms with Gasteiger partial charge in [-0.1, -0.05) is 27.5 Å². The summed E-state index contributed by atoms with van der Waals surface area (Å²) in [5.41, 5.74) is 0.844. The molecule has 2 aromatic rings. The lowest BCUT2D eigenvalue weighted by Gasteiger charge is -2.10. The maximum absolute atomic E-state index is 5.78. The maximum Gasteiger partial charge on any atom is 0.142 e. The van der Waals surface area contributed by atoms with Gasteiger partial charge in [0.1, 0.15) is 11.6 Å². The van der Waals surface area contributed by atoms with Gasteiger partial charge in [0, 0.05) is 10.7 Å². The molecule has 0 atom stereocenters. The molecule has 0 spiro atoms. The van der Waals surface area contributed by atoms with Crippen molar-refractivity contribution < 1.29 is 4.74 Å². The zero-order chi connectivity index (χ0) is 12.3. The molecule has 0 aliphatic carbocycles. The van der Waals surface area contributed by atoms with Crippen LogP contribution in [0.3, 0.4) is 0 Å². The number of nitrogens with zero attached hydrogens (tertiary/aromatic N) is 1. The second-order valence-electron chi connectivity index (χ2n) is 3.33. The Balaban J connectivity index is 2.28. The summed E-state index contributed by atoms with van der Waals surface area (Å²) in [6.45, 7) is 0. The van der Waals surface area contributed by atoms with Crippen LogP contribution in [-0.2, 0) is 0 Å². The van der Waals surface area contributed by atoms with E-state index in [1.807, 2.05) is 24.3 Å². The van der Waals surface area contributed by atoms with Gasteiger partial charge in [-0.25, -0.2) is 4.98 Å². The van der Waals surface area contributed by atoms with Crippen molar-refractivity contribution in [2.75, 3.05) is 12.4 Å². The van der Waals surface area contributed by atoms with E-state index in [-0.39, 0.29) is 0 Å². The van der Waals surface area contributed by atoms with Gasteiger partial charge in [0.05, 0.1) is 17.8 Å². The summed E-state index contributed by atoms with van der Waals surface area (Å²) in [6, 6.07) is 9.31. The van der Waals surface area contributed by atoms with E-state index in [1.165, 1.54) is 0 Å². The van der Waals surface area contributed by atoms with Crippen LogP contribution in [0.25, 0.3) is 0 Å². The summed E-state index contributed by atoms with van der Waals surface area (Å²) >= 11 is 9.19. The minimum atomic E-state index is 0.608.